The molecule has 1 fully saturated rings. The third-order valence-corrected chi connectivity index (χ3v) is 3.94. The molecule has 1 aromatic carbocycles. The van der Waals surface area contributed by atoms with Crippen LogP contribution in [0.4, 0.5) is 5.69 Å². The Morgan fingerprint density at radius 1 is 1.26 bits per heavy atom. The van der Waals surface area contributed by atoms with Crippen molar-refractivity contribution in [1.29, 1.82) is 0 Å². The first-order valence-electron chi connectivity index (χ1n) is 7.92. The Morgan fingerprint density at radius 3 is 2.57 bits per heavy atom. The van der Waals surface area contributed by atoms with Crippen molar-refractivity contribution in [3.63, 3.8) is 0 Å². The number of carbonyl (C=O) groups excluding carboxylic acids is 2. The first kappa shape index (κ1) is 17.5. The molecular formula is C18H26N2O3. The predicted octanol–water partition coefficient (Wildman–Crippen LogP) is 2.92. The van der Waals surface area contributed by atoms with Crippen LogP contribution in [-0.4, -0.2) is 42.0 Å². The molecule has 2 rings (SSSR count). The Morgan fingerprint density at radius 2 is 1.96 bits per heavy atom. The summed E-state index contributed by atoms with van der Waals surface area (Å²) in [6, 6.07) is 7.10. The van der Waals surface area contributed by atoms with E-state index in [1.165, 1.54) is 0 Å². The minimum Gasteiger partial charge on any atom is -0.377 e. The fourth-order valence-electron chi connectivity index (χ4n) is 2.44. The number of ether oxygens (including phenoxy) is 1. The average Bonchev–Trinajstić information content (AvgIpc) is 2.45. The number of carbonyl (C=O) groups is 2. The molecule has 23 heavy (non-hydrogen) atoms. The lowest BCUT2D eigenvalue weighted by Crippen LogP contribution is -2.55. The van der Waals surface area contributed by atoms with Crippen LogP contribution in [0.3, 0.4) is 0 Å². The standard InChI is InChI=1S/C18H26N2O3/c1-17(2,3)16(22)19-14-8-6-7-13(11-14)15(21)20-9-10-23-12-18(20,4)5/h6-8,11H,9-10,12H2,1-5H3,(H,19,22). The summed E-state index contributed by atoms with van der Waals surface area (Å²) in [4.78, 5) is 26.7. The molecule has 0 unspecified atom stereocenters. The van der Waals surface area contributed by atoms with Gasteiger partial charge in [-0.1, -0.05) is 26.8 Å². The molecule has 1 heterocycles. The minimum atomic E-state index is -0.480. The van der Waals surface area contributed by atoms with Gasteiger partial charge in [0, 0.05) is 23.2 Å². The van der Waals surface area contributed by atoms with Crippen LogP contribution in [-0.2, 0) is 9.53 Å². The zero-order valence-electron chi connectivity index (χ0n) is 14.6. The van der Waals surface area contributed by atoms with Crippen molar-refractivity contribution in [2.24, 2.45) is 5.41 Å². The van der Waals surface area contributed by atoms with E-state index < -0.39 is 5.41 Å². The van der Waals surface area contributed by atoms with Gasteiger partial charge in [0.25, 0.3) is 5.91 Å². The molecule has 0 saturated carbocycles. The number of anilines is 1. The summed E-state index contributed by atoms with van der Waals surface area (Å²) in [7, 11) is 0. The second-order valence-corrected chi connectivity index (χ2v) is 7.61. The van der Waals surface area contributed by atoms with Crippen molar-refractivity contribution in [2.75, 3.05) is 25.1 Å². The van der Waals surface area contributed by atoms with Crippen molar-refractivity contribution < 1.29 is 14.3 Å². The monoisotopic (exact) mass is 318 g/mol. The van der Waals surface area contributed by atoms with Gasteiger partial charge in [-0.2, -0.15) is 0 Å². The maximum Gasteiger partial charge on any atom is 0.254 e. The van der Waals surface area contributed by atoms with Gasteiger partial charge in [-0.25, -0.2) is 0 Å². The van der Waals surface area contributed by atoms with Crippen LogP contribution in [0.2, 0.25) is 0 Å². The van der Waals surface area contributed by atoms with Gasteiger partial charge in [0.2, 0.25) is 5.91 Å². The van der Waals surface area contributed by atoms with Crippen LogP contribution in [0.5, 0.6) is 0 Å². The summed E-state index contributed by atoms with van der Waals surface area (Å²) in [6.07, 6.45) is 0. The zero-order valence-corrected chi connectivity index (χ0v) is 14.6. The Labute approximate surface area is 138 Å². The van der Waals surface area contributed by atoms with Crippen molar-refractivity contribution in [1.82, 2.24) is 4.90 Å². The highest BCUT2D eigenvalue weighted by atomic mass is 16.5. The Kier molecular flexibility index (Phi) is 4.80. The first-order chi connectivity index (χ1) is 10.6. The van der Waals surface area contributed by atoms with Gasteiger partial charge in [0.1, 0.15) is 0 Å². The molecule has 1 N–H and O–H groups in total. The number of hydrogen-bond acceptors (Lipinski definition) is 3. The van der Waals surface area contributed by atoms with Crippen LogP contribution in [0.15, 0.2) is 24.3 Å². The van der Waals surface area contributed by atoms with Gasteiger partial charge in [-0.3, -0.25) is 9.59 Å². The predicted molar refractivity (Wildman–Crippen MR) is 90.5 cm³/mol. The molecule has 126 valence electrons. The number of hydrogen-bond donors (Lipinski definition) is 1. The average molecular weight is 318 g/mol. The number of nitrogens with zero attached hydrogens (tertiary/aromatic N) is 1. The smallest absolute Gasteiger partial charge is 0.254 e. The Bertz CT molecular complexity index is 603. The molecule has 1 aliphatic rings. The quantitative estimate of drug-likeness (QED) is 0.912. The maximum absolute atomic E-state index is 12.8. The lowest BCUT2D eigenvalue weighted by atomic mass is 9.95. The molecule has 0 bridgehead atoms. The van der Waals surface area contributed by atoms with Gasteiger partial charge in [-0.15, -0.1) is 0 Å². The SMILES string of the molecule is CC(C)(C)C(=O)Nc1cccc(C(=O)N2CCOCC2(C)C)c1. The maximum atomic E-state index is 12.8. The zero-order chi connectivity index (χ0) is 17.3. The van der Waals surface area contributed by atoms with E-state index in [9.17, 15) is 9.59 Å². The third kappa shape index (κ3) is 4.10. The van der Waals surface area contributed by atoms with E-state index >= 15 is 0 Å². The van der Waals surface area contributed by atoms with E-state index in [1.807, 2.05) is 39.5 Å². The fourth-order valence-corrected chi connectivity index (χ4v) is 2.44. The Balaban J connectivity index is 2.19. The van der Waals surface area contributed by atoms with Crippen LogP contribution >= 0.6 is 0 Å². The number of benzene rings is 1. The topological polar surface area (TPSA) is 58.6 Å². The summed E-state index contributed by atoms with van der Waals surface area (Å²) >= 11 is 0. The van der Waals surface area contributed by atoms with Crippen molar-refractivity contribution in [2.45, 2.75) is 40.2 Å². The van der Waals surface area contributed by atoms with Crippen molar-refractivity contribution >= 4 is 17.5 Å². The fraction of sp³-hybridized carbons (Fsp3) is 0.556. The number of nitrogens with one attached hydrogen (secondary N) is 1. The molecule has 5 nitrogen and oxygen atoms in total. The summed E-state index contributed by atoms with van der Waals surface area (Å²) in [5.74, 6) is -0.112. The minimum absolute atomic E-state index is 0.0369. The Hall–Kier alpha value is -1.88. The molecule has 0 radical (unpaired) electrons. The van der Waals surface area contributed by atoms with Crippen LogP contribution in [0.25, 0.3) is 0 Å². The second kappa shape index (κ2) is 6.32. The molecule has 1 aliphatic heterocycles. The van der Waals surface area contributed by atoms with Gasteiger partial charge < -0.3 is 15.0 Å². The summed E-state index contributed by atoms with van der Waals surface area (Å²) in [5, 5.41) is 2.87. The van der Waals surface area contributed by atoms with E-state index in [0.717, 1.165) is 0 Å². The lowest BCUT2D eigenvalue weighted by molar-refractivity contribution is -0.123. The van der Waals surface area contributed by atoms with Crippen molar-refractivity contribution in [3.05, 3.63) is 29.8 Å². The van der Waals surface area contributed by atoms with E-state index in [-0.39, 0.29) is 17.4 Å². The molecule has 1 saturated heterocycles. The largest absolute Gasteiger partial charge is 0.377 e. The van der Waals surface area contributed by atoms with Crippen LogP contribution in [0.1, 0.15) is 45.0 Å². The molecule has 5 heteroatoms. The van der Waals surface area contributed by atoms with E-state index in [4.69, 9.17) is 4.74 Å². The van der Waals surface area contributed by atoms with Crippen LogP contribution in [0, 0.1) is 5.41 Å². The number of amides is 2. The summed E-state index contributed by atoms with van der Waals surface area (Å²) < 4.78 is 5.46. The summed E-state index contributed by atoms with van der Waals surface area (Å²) in [5.41, 5.74) is 0.403. The summed E-state index contributed by atoms with van der Waals surface area (Å²) in [6.45, 7) is 11.2. The normalized spacial score (nSPS) is 17.7. The van der Waals surface area contributed by atoms with E-state index in [0.29, 0.717) is 31.0 Å². The highest BCUT2D eigenvalue weighted by Gasteiger charge is 2.34. The van der Waals surface area contributed by atoms with E-state index in [1.54, 1.807) is 24.3 Å². The van der Waals surface area contributed by atoms with Gasteiger partial charge in [0.15, 0.2) is 0 Å². The molecule has 1 aromatic rings. The van der Waals surface area contributed by atoms with Crippen LogP contribution < -0.4 is 5.32 Å². The molecule has 2 amide bonds. The lowest BCUT2D eigenvalue weighted by Gasteiger charge is -2.42. The molecule has 0 spiro atoms. The molecule has 0 atom stereocenters. The molecule has 0 aliphatic carbocycles. The number of rotatable bonds is 2. The molecule has 0 aromatic heterocycles. The van der Waals surface area contributed by atoms with Gasteiger partial charge in [0.05, 0.1) is 18.8 Å². The van der Waals surface area contributed by atoms with Gasteiger partial charge >= 0.3 is 0 Å². The second-order valence-electron chi connectivity index (χ2n) is 7.61. The van der Waals surface area contributed by atoms with Gasteiger partial charge in [-0.05, 0) is 32.0 Å². The molecular weight excluding hydrogens is 292 g/mol. The number of morpholine rings is 1. The van der Waals surface area contributed by atoms with E-state index in [2.05, 4.69) is 5.32 Å². The highest BCUT2D eigenvalue weighted by molar-refractivity contribution is 5.98. The highest BCUT2D eigenvalue weighted by Crippen LogP contribution is 2.23. The van der Waals surface area contributed by atoms with Crippen molar-refractivity contribution in [3.8, 4) is 0 Å². The first-order valence-corrected chi connectivity index (χ1v) is 7.92. The third-order valence-electron chi connectivity index (χ3n) is 3.94.